The maximum absolute atomic E-state index is 12.5. The zero-order valence-electron chi connectivity index (χ0n) is 14.2. The number of aromatic nitrogens is 2. The molecule has 1 heterocycles. The minimum absolute atomic E-state index is 0.181. The third kappa shape index (κ3) is 3.62. The fraction of sp³-hybridized carbons (Fsp3) is 0.167. The van der Waals surface area contributed by atoms with Crippen LogP contribution in [0.3, 0.4) is 0 Å². The number of nitrogens with zero attached hydrogens (tertiary/aromatic N) is 2. The number of carbonyl (C=O) groups excluding carboxylic acids is 1. The van der Waals surface area contributed by atoms with Crippen LogP contribution >= 0.6 is 11.6 Å². The molecule has 0 bridgehead atoms. The Balaban J connectivity index is 1.82. The summed E-state index contributed by atoms with van der Waals surface area (Å²) in [5, 5.41) is 3.60. The number of rotatable bonds is 5. The van der Waals surface area contributed by atoms with E-state index in [2.05, 4.69) is 10.3 Å². The largest absolute Gasteiger partial charge is 0.497 e. The van der Waals surface area contributed by atoms with Crippen LogP contribution in [0.4, 0.5) is 5.69 Å². The van der Waals surface area contributed by atoms with Gasteiger partial charge in [-0.15, -0.1) is 0 Å². The van der Waals surface area contributed by atoms with Crippen LogP contribution in [0, 0.1) is 0 Å². The van der Waals surface area contributed by atoms with Crippen molar-refractivity contribution in [3.05, 3.63) is 58.1 Å². The van der Waals surface area contributed by atoms with Gasteiger partial charge in [0, 0.05) is 11.1 Å². The Bertz CT molecular complexity index is 1030. The van der Waals surface area contributed by atoms with Crippen LogP contribution in [0.2, 0.25) is 5.02 Å². The van der Waals surface area contributed by atoms with E-state index in [0.717, 1.165) is 0 Å². The number of hydrogen-bond donors (Lipinski definition) is 1. The zero-order chi connectivity index (χ0) is 18.7. The van der Waals surface area contributed by atoms with E-state index < -0.39 is 0 Å². The second-order valence-electron chi connectivity index (χ2n) is 5.45. The van der Waals surface area contributed by atoms with Crippen LogP contribution in [0.25, 0.3) is 10.9 Å². The molecule has 7 nitrogen and oxygen atoms in total. The normalized spacial score (nSPS) is 10.6. The first kappa shape index (κ1) is 17.8. The number of benzene rings is 2. The Hall–Kier alpha value is -3.06. The molecule has 0 aliphatic heterocycles. The van der Waals surface area contributed by atoms with Crippen molar-refractivity contribution in [1.29, 1.82) is 0 Å². The first-order valence-electron chi connectivity index (χ1n) is 7.68. The molecule has 0 saturated carbocycles. The molecule has 0 spiro atoms. The van der Waals surface area contributed by atoms with Gasteiger partial charge in [0.2, 0.25) is 5.91 Å². The number of amides is 1. The highest BCUT2D eigenvalue weighted by molar-refractivity contribution is 6.31. The van der Waals surface area contributed by atoms with Crippen LogP contribution in [-0.4, -0.2) is 29.7 Å². The quantitative estimate of drug-likeness (QED) is 0.743. The molecule has 3 aromatic rings. The summed E-state index contributed by atoms with van der Waals surface area (Å²) < 4.78 is 11.6. The fourth-order valence-corrected chi connectivity index (χ4v) is 2.66. The monoisotopic (exact) mass is 373 g/mol. The average molecular weight is 374 g/mol. The van der Waals surface area contributed by atoms with Gasteiger partial charge in [-0.25, -0.2) is 4.98 Å². The Labute approximate surface area is 154 Å². The maximum atomic E-state index is 12.5. The fourth-order valence-electron chi connectivity index (χ4n) is 2.49. The molecular weight excluding hydrogens is 358 g/mol. The lowest BCUT2D eigenvalue weighted by molar-refractivity contribution is -0.116. The number of hydrogen-bond acceptors (Lipinski definition) is 5. The van der Waals surface area contributed by atoms with E-state index in [0.29, 0.717) is 33.1 Å². The number of anilines is 1. The van der Waals surface area contributed by atoms with Crippen molar-refractivity contribution < 1.29 is 14.3 Å². The minimum atomic E-state index is -0.384. The average Bonchev–Trinajstić information content (AvgIpc) is 2.64. The van der Waals surface area contributed by atoms with Crippen LogP contribution in [-0.2, 0) is 11.3 Å². The first-order valence-corrected chi connectivity index (χ1v) is 8.06. The number of methoxy groups -OCH3 is 2. The van der Waals surface area contributed by atoms with Gasteiger partial charge in [0.05, 0.1) is 37.1 Å². The lowest BCUT2D eigenvalue weighted by Gasteiger charge is -2.12. The van der Waals surface area contributed by atoms with Crippen LogP contribution in [0.15, 0.2) is 47.5 Å². The van der Waals surface area contributed by atoms with E-state index in [4.69, 9.17) is 21.1 Å². The van der Waals surface area contributed by atoms with Crippen molar-refractivity contribution in [2.24, 2.45) is 0 Å². The summed E-state index contributed by atoms with van der Waals surface area (Å²) in [6.07, 6.45) is 1.33. The van der Waals surface area contributed by atoms with Crippen molar-refractivity contribution in [3.8, 4) is 11.5 Å². The summed E-state index contributed by atoms with van der Waals surface area (Å²) in [5.74, 6) is 0.676. The smallest absolute Gasteiger partial charge is 0.261 e. The minimum Gasteiger partial charge on any atom is -0.497 e. The van der Waals surface area contributed by atoms with Gasteiger partial charge in [-0.2, -0.15) is 0 Å². The molecule has 2 aromatic carbocycles. The third-order valence-corrected chi connectivity index (χ3v) is 4.02. The van der Waals surface area contributed by atoms with Gasteiger partial charge < -0.3 is 14.8 Å². The van der Waals surface area contributed by atoms with E-state index in [1.165, 1.54) is 18.0 Å². The third-order valence-electron chi connectivity index (χ3n) is 3.78. The van der Waals surface area contributed by atoms with Gasteiger partial charge in [0.1, 0.15) is 18.0 Å². The molecule has 3 rings (SSSR count). The van der Waals surface area contributed by atoms with Crippen molar-refractivity contribution in [1.82, 2.24) is 9.55 Å². The molecule has 1 N–H and O–H groups in total. The number of halogens is 1. The molecule has 0 unspecified atom stereocenters. The van der Waals surface area contributed by atoms with Crippen LogP contribution in [0.5, 0.6) is 11.5 Å². The van der Waals surface area contributed by atoms with Gasteiger partial charge in [-0.05, 0) is 30.3 Å². The van der Waals surface area contributed by atoms with E-state index in [1.54, 1.807) is 43.5 Å². The highest BCUT2D eigenvalue weighted by atomic mass is 35.5. The van der Waals surface area contributed by atoms with Crippen molar-refractivity contribution in [2.75, 3.05) is 19.5 Å². The summed E-state index contributed by atoms with van der Waals surface area (Å²) in [5.41, 5.74) is 0.645. The molecule has 1 aromatic heterocycles. The van der Waals surface area contributed by atoms with E-state index >= 15 is 0 Å². The second-order valence-corrected chi connectivity index (χ2v) is 5.89. The molecule has 26 heavy (non-hydrogen) atoms. The van der Waals surface area contributed by atoms with Gasteiger partial charge in [-0.3, -0.25) is 14.2 Å². The lowest BCUT2D eigenvalue weighted by Crippen LogP contribution is -2.28. The Morgan fingerprint density at radius 2 is 2.00 bits per heavy atom. The number of nitrogens with one attached hydrogen (secondary N) is 1. The van der Waals surface area contributed by atoms with E-state index in [-0.39, 0.29) is 18.0 Å². The predicted octanol–water partition coefficient (Wildman–Crippen LogP) is 2.71. The number of fused-ring (bicyclic) bond motifs is 1. The summed E-state index contributed by atoms with van der Waals surface area (Å²) >= 11 is 5.90. The molecule has 0 saturated heterocycles. The molecule has 0 fully saturated rings. The lowest BCUT2D eigenvalue weighted by atomic mass is 10.2. The highest BCUT2D eigenvalue weighted by Gasteiger charge is 2.12. The Kier molecular flexibility index (Phi) is 5.09. The summed E-state index contributed by atoms with van der Waals surface area (Å²) in [6, 6.07) is 9.83. The molecule has 8 heteroatoms. The molecule has 0 aliphatic rings. The second kappa shape index (κ2) is 7.45. The molecule has 0 atom stereocenters. The van der Waals surface area contributed by atoms with E-state index in [9.17, 15) is 9.59 Å². The number of ether oxygens (including phenoxy) is 2. The summed E-state index contributed by atoms with van der Waals surface area (Å²) in [7, 11) is 3.03. The molecule has 0 radical (unpaired) electrons. The molecule has 134 valence electrons. The summed E-state index contributed by atoms with van der Waals surface area (Å²) in [4.78, 5) is 29.0. The topological polar surface area (TPSA) is 82.5 Å². The van der Waals surface area contributed by atoms with Gasteiger partial charge in [0.15, 0.2) is 0 Å². The van der Waals surface area contributed by atoms with Crippen molar-refractivity contribution in [2.45, 2.75) is 6.54 Å². The summed E-state index contributed by atoms with van der Waals surface area (Å²) in [6.45, 7) is -0.181. The van der Waals surface area contributed by atoms with Crippen LogP contribution < -0.4 is 20.3 Å². The van der Waals surface area contributed by atoms with E-state index in [1.807, 2.05) is 0 Å². The predicted molar refractivity (Wildman–Crippen MR) is 99.2 cm³/mol. The van der Waals surface area contributed by atoms with Crippen molar-refractivity contribution >= 4 is 34.1 Å². The van der Waals surface area contributed by atoms with Crippen molar-refractivity contribution in [3.63, 3.8) is 0 Å². The number of carbonyl (C=O) groups is 1. The van der Waals surface area contributed by atoms with Gasteiger partial charge >= 0.3 is 0 Å². The SMILES string of the molecule is COc1ccc(NC(=O)Cn2cnc3cc(Cl)ccc3c2=O)c(OC)c1. The van der Waals surface area contributed by atoms with Gasteiger partial charge in [0.25, 0.3) is 5.56 Å². The first-order chi connectivity index (χ1) is 12.5. The Morgan fingerprint density at radius 1 is 1.19 bits per heavy atom. The van der Waals surface area contributed by atoms with Gasteiger partial charge in [-0.1, -0.05) is 11.6 Å². The van der Waals surface area contributed by atoms with Crippen LogP contribution in [0.1, 0.15) is 0 Å². The standard InChI is InChI=1S/C18H16ClN3O4/c1-25-12-4-6-14(16(8-12)26-2)21-17(23)9-22-10-20-15-7-11(19)3-5-13(15)18(22)24/h3-8,10H,9H2,1-2H3,(H,21,23). The maximum Gasteiger partial charge on any atom is 0.261 e. The zero-order valence-corrected chi connectivity index (χ0v) is 14.9. The molecule has 1 amide bonds. The highest BCUT2D eigenvalue weighted by Crippen LogP contribution is 2.28. The molecule has 0 aliphatic carbocycles. The molecular formula is C18H16ClN3O4. The Morgan fingerprint density at radius 3 is 2.73 bits per heavy atom.